The van der Waals surface area contributed by atoms with Gasteiger partial charge in [-0.3, -0.25) is 9.59 Å². The molecule has 0 aliphatic carbocycles. The van der Waals surface area contributed by atoms with Gasteiger partial charge in [-0.05, 0) is 76.6 Å². The van der Waals surface area contributed by atoms with E-state index in [-0.39, 0.29) is 29.2 Å². The lowest BCUT2D eigenvalue weighted by molar-refractivity contribution is 0.0732. The van der Waals surface area contributed by atoms with Crippen molar-refractivity contribution in [3.05, 3.63) is 97.9 Å². The van der Waals surface area contributed by atoms with Crippen LogP contribution in [0.5, 0.6) is 34.5 Å². The van der Waals surface area contributed by atoms with Gasteiger partial charge in [0.05, 0.1) is 37.6 Å². The first-order valence-electron chi connectivity index (χ1n) is 13.4. The van der Waals surface area contributed by atoms with Crippen molar-refractivity contribution in [2.45, 2.75) is 0 Å². The van der Waals surface area contributed by atoms with Crippen LogP contribution in [0.1, 0.15) is 36.6 Å². The molecule has 4 aromatic carbocycles. The number of nitrogens with zero attached hydrogens (tertiary/aromatic N) is 1. The van der Waals surface area contributed by atoms with Crippen LogP contribution in [-0.2, 0) is 0 Å². The Morgan fingerprint density at radius 1 is 0.783 bits per heavy atom. The molecule has 5 rings (SSSR count). The van der Waals surface area contributed by atoms with Crippen LogP contribution < -0.4 is 39.2 Å². The van der Waals surface area contributed by atoms with Crippen LogP contribution in [0.15, 0.2) is 80.8 Å². The number of hydrogen-bond acceptors (Lipinski definition) is 10. The van der Waals surface area contributed by atoms with E-state index in [0.29, 0.717) is 48.9 Å². The summed E-state index contributed by atoms with van der Waals surface area (Å²) < 4.78 is 33.4. The molecule has 0 radical (unpaired) electrons. The Kier molecular flexibility index (Phi) is 10.1. The van der Waals surface area contributed by atoms with Crippen molar-refractivity contribution in [3.8, 4) is 34.5 Å². The molecule has 0 fully saturated rings. The van der Waals surface area contributed by atoms with Crippen LogP contribution in [0.25, 0.3) is 0 Å². The van der Waals surface area contributed by atoms with Crippen molar-refractivity contribution in [1.29, 1.82) is 0 Å². The molecular formula is C32H25Br2N3O9. The van der Waals surface area contributed by atoms with Crippen molar-refractivity contribution in [1.82, 2.24) is 5.43 Å². The number of halogens is 2. The summed E-state index contributed by atoms with van der Waals surface area (Å²) in [5, 5.41) is 6.82. The highest BCUT2D eigenvalue weighted by atomic mass is 79.9. The van der Waals surface area contributed by atoms with Crippen molar-refractivity contribution >= 4 is 61.5 Å². The van der Waals surface area contributed by atoms with Gasteiger partial charge in [-0.15, -0.1) is 0 Å². The van der Waals surface area contributed by atoms with Crippen LogP contribution in [0.2, 0.25) is 0 Å². The molecule has 4 aromatic rings. The predicted molar refractivity (Wildman–Crippen MR) is 175 cm³/mol. The van der Waals surface area contributed by atoms with Gasteiger partial charge in [0.15, 0.2) is 28.7 Å². The molecule has 0 atom stereocenters. The number of amides is 2. The summed E-state index contributed by atoms with van der Waals surface area (Å²) in [6.45, 7) is 0.0757. The number of fused-ring (bicyclic) bond motifs is 1. The monoisotopic (exact) mass is 753 g/mol. The Hall–Kier alpha value is -5.08. The Balaban J connectivity index is 1.28. The predicted octanol–water partition coefficient (Wildman–Crippen LogP) is 6.20. The number of carbonyl (C=O) groups is 3. The summed E-state index contributed by atoms with van der Waals surface area (Å²) in [5.74, 6) is 0.514. The molecule has 12 nitrogen and oxygen atoms in total. The van der Waals surface area contributed by atoms with E-state index in [4.69, 9.17) is 28.4 Å². The normalized spacial score (nSPS) is 11.6. The summed E-state index contributed by atoms with van der Waals surface area (Å²) in [7, 11) is 4.37. The molecule has 0 bridgehead atoms. The minimum absolute atomic E-state index is 0.0757. The maximum Gasteiger partial charge on any atom is 0.343 e. The minimum Gasteiger partial charge on any atom is -0.493 e. The molecule has 0 spiro atoms. The summed E-state index contributed by atoms with van der Waals surface area (Å²) in [6.07, 6.45) is 1.34. The topological polar surface area (TPSA) is 143 Å². The van der Waals surface area contributed by atoms with E-state index in [2.05, 4.69) is 47.7 Å². The number of rotatable bonds is 10. The number of benzene rings is 4. The number of anilines is 1. The zero-order chi connectivity index (χ0) is 32.8. The second kappa shape index (κ2) is 14.3. The van der Waals surface area contributed by atoms with Crippen molar-refractivity contribution in [2.75, 3.05) is 33.4 Å². The Morgan fingerprint density at radius 2 is 1.52 bits per heavy atom. The van der Waals surface area contributed by atoms with Gasteiger partial charge in [0.25, 0.3) is 11.8 Å². The zero-order valence-electron chi connectivity index (χ0n) is 24.5. The van der Waals surface area contributed by atoms with Crippen LogP contribution in [0.4, 0.5) is 5.69 Å². The number of nitrogens with one attached hydrogen (secondary N) is 2. The number of ether oxygens (including phenoxy) is 6. The third-order valence-electron chi connectivity index (χ3n) is 6.52. The van der Waals surface area contributed by atoms with Gasteiger partial charge in [-0.2, -0.15) is 5.10 Å². The van der Waals surface area contributed by atoms with E-state index in [1.54, 1.807) is 42.5 Å². The molecular weight excluding hydrogens is 730 g/mol. The van der Waals surface area contributed by atoms with Gasteiger partial charge in [0.2, 0.25) is 12.5 Å². The minimum atomic E-state index is -0.634. The average Bonchev–Trinajstić information content (AvgIpc) is 3.53. The van der Waals surface area contributed by atoms with Crippen molar-refractivity contribution in [2.24, 2.45) is 5.10 Å². The summed E-state index contributed by atoms with van der Waals surface area (Å²) >= 11 is 6.83. The maximum absolute atomic E-state index is 13.0. The van der Waals surface area contributed by atoms with Gasteiger partial charge >= 0.3 is 5.97 Å². The quantitative estimate of drug-likeness (QED) is 0.0838. The molecule has 0 saturated heterocycles. The van der Waals surface area contributed by atoms with Crippen LogP contribution in [0.3, 0.4) is 0 Å². The number of carbonyl (C=O) groups excluding carboxylic acids is 3. The molecule has 1 aliphatic rings. The first-order chi connectivity index (χ1) is 22.2. The largest absolute Gasteiger partial charge is 0.493 e. The smallest absolute Gasteiger partial charge is 0.343 e. The molecule has 2 amide bonds. The van der Waals surface area contributed by atoms with Crippen molar-refractivity contribution in [3.63, 3.8) is 0 Å². The van der Waals surface area contributed by atoms with E-state index in [0.717, 1.165) is 0 Å². The van der Waals surface area contributed by atoms with Gasteiger partial charge in [-0.1, -0.05) is 22.0 Å². The Bertz CT molecular complexity index is 1840. The number of hydrazone groups is 1. The second-order valence-electron chi connectivity index (χ2n) is 9.41. The fraction of sp³-hybridized carbons (Fsp3) is 0.125. The van der Waals surface area contributed by atoms with E-state index >= 15 is 0 Å². The molecule has 236 valence electrons. The molecule has 1 heterocycles. The molecule has 46 heavy (non-hydrogen) atoms. The molecule has 1 aliphatic heterocycles. The Morgan fingerprint density at radius 3 is 2.24 bits per heavy atom. The molecule has 2 N–H and O–H groups in total. The van der Waals surface area contributed by atoms with E-state index in [1.807, 2.05) is 0 Å². The van der Waals surface area contributed by atoms with E-state index in [1.165, 1.54) is 51.8 Å². The zero-order valence-corrected chi connectivity index (χ0v) is 27.7. The summed E-state index contributed by atoms with van der Waals surface area (Å²) in [4.78, 5) is 38.9. The molecule has 0 saturated carbocycles. The highest BCUT2D eigenvalue weighted by molar-refractivity contribution is 9.11. The number of esters is 1. The lowest BCUT2D eigenvalue weighted by Gasteiger charge is -2.14. The second-order valence-corrected chi connectivity index (χ2v) is 11.2. The lowest BCUT2D eigenvalue weighted by Crippen LogP contribution is -2.18. The SMILES string of the molecule is COc1cc(C(=O)Nc2cccc(C(=O)NN=Cc3cc(Br)cc(Br)c3OC(=O)c3ccc4c(c3)OCO4)c2)cc(OC)c1OC. The van der Waals surface area contributed by atoms with Crippen LogP contribution in [0, 0.1) is 0 Å². The van der Waals surface area contributed by atoms with Crippen LogP contribution in [-0.4, -0.2) is 52.1 Å². The third kappa shape index (κ3) is 7.24. The van der Waals surface area contributed by atoms with E-state index < -0.39 is 17.8 Å². The van der Waals surface area contributed by atoms with Gasteiger partial charge in [0.1, 0.15) is 0 Å². The fourth-order valence-electron chi connectivity index (χ4n) is 4.34. The van der Waals surface area contributed by atoms with E-state index in [9.17, 15) is 14.4 Å². The third-order valence-corrected chi connectivity index (χ3v) is 7.57. The lowest BCUT2D eigenvalue weighted by atomic mass is 10.1. The molecule has 14 heteroatoms. The Labute approximate surface area is 279 Å². The maximum atomic E-state index is 13.0. The fourth-order valence-corrected chi connectivity index (χ4v) is 5.68. The number of methoxy groups -OCH3 is 3. The molecule has 0 aromatic heterocycles. The average molecular weight is 755 g/mol. The highest BCUT2D eigenvalue weighted by Gasteiger charge is 2.20. The first-order valence-corrected chi connectivity index (χ1v) is 14.9. The van der Waals surface area contributed by atoms with Crippen molar-refractivity contribution < 1.29 is 42.8 Å². The van der Waals surface area contributed by atoms with Gasteiger partial charge in [-0.25, -0.2) is 10.2 Å². The van der Waals surface area contributed by atoms with Crippen LogP contribution >= 0.6 is 31.9 Å². The molecule has 0 unspecified atom stereocenters. The highest BCUT2D eigenvalue weighted by Crippen LogP contribution is 2.38. The van der Waals surface area contributed by atoms with Gasteiger partial charge < -0.3 is 33.7 Å². The summed E-state index contributed by atoms with van der Waals surface area (Å²) in [6, 6.07) is 17.4. The number of hydrogen-bond donors (Lipinski definition) is 2. The van der Waals surface area contributed by atoms with Gasteiger partial charge in [0, 0.05) is 26.9 Å². The standard InChI is InChI=1S/C32H25Br2N3O9/c1-41-26-12-19(13-27(42-2)29(26)43-3)30(38)36-22-6-4-5-17(10-22)31(39)37-35-15-20-9-21(33)14-23(34)28(20)46-32(40)18-7-8-24-25(11-18)45-16-44-24/h4-15H,16H2,1-3H3,(H,36,38)(H,37,39). The summed E-state index contributed by atoms with van der Waals surface area (Å²) in [5.41, 5.74) is 3.94. The first kappa shape index (κ1) is 32.3.